The molecular weight excluding hydrogens is 258 g/mol. The van der Waals surface area contributed by atoms with Gasteiger partial charge in [-0.2, -0.15) is 0 Å². The fraction of sp³-hybridized carbons (Fsp3) is 0.375. The van der Waals surface area contributed by atoms with Crippen LogP contribution in [0.5, 0.6) is 5.75 Å². The Kier molecular flexibility index (Phi) is 5.06. The van der Waals surface area contributed by atoms with Crippen LogP contribution in [0, 0.1) is 0 Å². The van der Waals surface area contributed by atoms with Crippen LogP contribution in [0.2, 0.25) is 0 Å². The molecular formula is C16H20ClNO. The zero-order valence-electron chi connectivity index (χ0n) is 11.4. The van der Waals surface area contributed by atoms with E-state index < -0.39 is 0 Å². The van der Waals surface area contributed by atoms with E-state index in [1.165, 1.54) is 5.39 Å². The standard InChI is InChI=1S/C16H20ClNO/c1-12(2)18-10-14(17)11-19-16-9-5-7-13-6-3-4-8-15(13)16/h3-9,12,14,18H,10-11H2,1-2H3. The lowest BCUT2D eigenvalue weighted by atomic mass is 10.1. The molecule has 1 unspecified atom stereocenters. The highest BCUT2D eigenvalue weighted by Crippen LogP contribution is 2.25. The fourth-order valence-corrected chi connectivity index (χ4v) is 2.08. The van der Waals surface area contributed by atoms with Crippen molar-refractivity contribution in [2.24, 2.45) is 0 Å². The van der Waals surface area contributed by atoms with Gasteiger partial charge in [0.15, 0.2) is 0 Å². The maximum atomic E-state index is 6.24. The normalized spacial score (nSPS) is 12.8. The first-order chi connectivity index (χ1) is 9.16. The molecule has 102 valence electrons. The van der Waals surface area contributed by atoms with Gasteiger partial charge in [0.05, 0.1) is 5.38 Å². The third kappa shape index (κ3) is 4.12. The van der Waals surface area contributed by atoms with Crippen molar-refractivity contribution in [3.8, 4) is 5.75 Å². The number of hydrogen-bond acceptors (Lipinski definition) is 2. The molecule has 2 rings (SSSR count). The third-order valence-electron chi connectivity index (χ3n) is 2.92. The van der Waals surface area contributed by atoms with Gasteiger partial charge in [-0.3, -0.25) is 0 Å². The number of nitrogens with one attached hydrogen (secondary N) is 1. The average Bonchev–Trinajstić information content (AvgIpc) is 2.42. The Morgan fingerprint density at radius 2 is 1.84 bits per heavy atom. The van der Waals surface area contributed by atoms with Crippen molar-refractivity contribution in [1.29, 1.82) is 0 Å². The Balaban J connectivity index is 1.98. The summed E-state index contributed by atoms with van der Waals surface area (Å²) in [6.45, 7) is 5.48. The second kappa shape index (κ2) is 6.78. The molecule has 0 aromatic heterocycles. The number of halogens is 1. The Morgan fingerprint density at radius 3 is 2.63 bits per heavy atom. The van der Waals surface area contributed by atoms with Gasteiger partial charge in [0, 0.05) is 18.0 Å². The predicted molar refractivity (Wildman–Crippen MR) is 82.2 cm³/mol. The van der Waals surface area contributed by atoms with Crippen molar-refractivity contribution in [1.82, 2.24) is 5.32 Å². The van der Waals surface area contributed by atoms with Crippen molar-refractivity contribution in [3.05, 3.63) is 42.5 Å². The van der Waals surface area contributed by atoms with Gasteiger partial charge in [-0.05, 0) is 11.5 Å². The van der Waals surface area contributed by atoms with E-state index in [1.807, 2.05) is 24.3 Å². The molecule has 1 N–H and O–H groups in total. The maximum Gasteiger partial charge on any atom is 0.127 e. The van der Waals surface area contributed by atoms with Gasteiger partial charge in [-0.15, -0.1) is 11.6 Å². The molecule has 2 aromatic carbocycles. The van der Waals surface area contributed by atoms with Crippen LogP contribution in [-0.4, -0.2) is 24.6 Å². The molecule has 2 nitrogen and oxygen atoms in total. The molecule has 0 radical (unpaired) electrons. The number of fused-ring (bicyclic) bond motifs is 1. The molecule has 0 aliphatic heterocycles. The minimum atomic E-state index is -0.0265. The summed E-state index contributed by atoms with van der Waals surface area (Å²) in [6.07, 6.45) is 0. The molecule has 19 heavy (non-hydrogen) atoms. The van der Waals surface area contributed by atoms with Gasteiger partial charge >= 0.3 is 0 Å². The van der Waals surface area contributed by atoms with Crippen LogP contribution in [-0.2, 0) is 0 Å². The molecule has 0 bridgehead atoms. The number of ether oxygens (including phenoxy) is 1. The minimum absolute atomic E-state index is 0.0265. The summed E-state index contributed by atoms with van der Waals surface area (Å²) in [4.78, 5) is 0. The summed E-state index contributed by atoms with van der Waals surface area (Å²) in [7, 11) is 0. The van der Waals surface area contributed by atoms with Crippen LogP contribution in [0.15, 0.2) is 42.5 Å². The number of hydrogen-bond donors (Lipinski definition) is 1. The third-order valence-corrected chi connectivity index (χ3v) is 3.20. The lowest BCUT2D eigenvalue weighted by Gasteiger charge is -2.15. The van der Waals surface area contributed by atoms with Gasteiger partial charge < -0.3 is 10.1 Å². The van der Waals surface area contributed by atoms with E-state index in [4.69, 9.17) is 16.3 Å². The first-order valence-electron chi connectivity index (χ1n) is 6.65. The van der Waals surface area contributed by atoms with Crippen LogP contribution in [0.4, 0.5) is 0 Å². The molecule has 0 saturated carbocycles. The molecule has 0 saturated heterocycles. The van der Waals surface area contributed by atoms with Crippen molar-refractivity contribution in [2.75, 3.05) is 13.2 Å². The molecule has 0 aliphatic carbocycles. The zero-order chi connectivity index (χ0) is 13.7. The van der Waals surface area contributed by atoms with Gasteiger partial charge in [0.25, 0.3) is 0 Å². The quantitative estimate of drug-likeness (QED) is 0.811. The van der Waals surface area contributed by atoms with Crippen LogP contribution < -0.4 is 10.1 Å². The van der Waals surface area contributed by atoms with E-state index in [-0.39, 0.29) is 5.38 Å². The number of alkyl halides is 1. The molecule has 2 aromatic rings. The molecule has 0 spiro atoms. The molecule has 3 heteroatoms. The summed E-state index contributed by atoms with van der Waals surface area (Å²) in [5.41, 5.74) is 0. The maximum absolute atomic E-state index is 6.24. The van der Waals surface area contributed by atoms with Gasteiger partial charge in [-0.25, -0.2) is 0 Å². The largest absolute Gasteiger partial charge is 0.491 e. The highest BCUT2D eigenvalue weighted by molar-refractivity contribution is 6.20. The van der Waals surface area contributed by atoms with Gasteiger partial charge in [-0.1, -0.05) is 50.2 Å². The lowest BCUT2D eigenvalue weighted by Crippen LogP contribution is -2.32. The van der Waals surface area contributed by atoms with Crippen LogP contribution in [0.1, 0.15) is 13.8 Å². The summed E-state index contributed by atoms with van der Waals surface area (Å²) in [5, 5.41) is 5.60. The molecule has 0 aliphatic rings. The summed E-state index contributed by atoms with van der Waals surface area (Å²) >= 11 is 6.24. The average molecular weight is 278 g/mol. The second-order valence-electron chi connectivity index (χ2n) is 4.95. The lowest BCUT2D eigenvalue weighted by molar-refractivity contribution is 0.313. The highest BCUT2D eigenvalue weighted by Gasteiger charge is 2.08. The number of rotatable bonds is 6. The molecule has 1 atom stereocenters. The first kappa shape index (κ1) is 14.2. The minimum Gasteiger partial charge on any atom is -0.491 e. The highest BCUT2D eigenvalue weighted by atomic mass is 35.5. The van der Waals surface area contributed by atoms with Crippen LogP contribution >= 0.6 is 11.6 Å². The van der Waals surface area contributed by atoms with Crippen molar-refractivity contribution in [2.45, 2.75) is 25.3 Å². The molecule has 0 fully saturated rings. The zero-order valence-corrected chi connectivity index (χ0v) is 12.2. The Hall–Kier alpha value is -1.25. The SMILES string of the molecule is CC(C)NCC(Cl)COc1cccc2ccccc12. The van der Waals surface area contributed by atoms with Crippen molar-refractivity contribution < 1.29 is 4.74 Å². The van der Waals surface area contributed by atoms with Crippen LogP contribution in [0.3, 0.4) is 0 Å². The number of benzene rings is 2. The monoisotopic (exact) mass is 277 g/mol. The van der Waals surface area contributed by atoms with Gasteiger partial charge in [0.1, 0.15) is 12.4 Å². The van der Waals surface area contributed by atoms with E-state index in [9.17, 15) is 0 Å². The fourth-order valence-electron chi connectivity index (χ4n) is 1.92. The molecule has 0 heterocycles. The Labute approximate surface area is 119 Å². The Morgan fingerprint density at radius 1 is 1.11 bits per heavy atom. The van der Waals surface area contributed by atoms with E-state index in [0.717, 1.165) is 17.7 Å². The van der Waals surface area contributed by atoms with Gasteiger partial charge in [0.2, 0.25) is 0 Å². The van der Waals surface area contributed by atoms with E-state index in [0.29, 0.717) is 12.6 Å². The van der Waals surface area contributed by atoms with E-state index >= 15 is 0 Å². The topological polar surface area (TPSA) is 21.3 Å². The van der Waals surface area contributed by atoms with E-state index in [1.54, 1.807) is 0 Å². The van der Waals surface area contributed by atoms with E-state index in [2.05, 4.69) is 37.4 Å². The van der Waals surface area contributed by atoms with Crippen LogP contribution in [0.25, 0.3) is 10.8 Å². The summed E-state index contributed by atoms with van der Waals surface area (Å²) in [6, 6.07) is 14.7. The Bertz CT molecular complexity index is 522. The second-order valence-corrected chi connectivity index (χ2v) is 5.57. The predicted octanol–water partition coefficient (Wildman–Crippen LogP) is 3.82. The van der Waals surface area contributed by atoms with Crippen molar-refractivity contribution in [3.63, 3.8) is 0 Å². The first-order valence-corrected chi connectivity index (χ1v) is 7.08. The smallest absolute Gasteiger partial charge is 0.127 e. The van der Waals surface area contributed by atoms with Crippen molar-refractivity contribution >= 4 is 22.4 Å². The molecule has 0 amide bonds. The summed E-state index contributed by atoms with van der Waals surface area (Å²) < 4.78 is 5.84. The summed E-state index contributed by atoms with van der Waals surface area (Å²) in [5.74, 6) is 0.897.